The maximum atomic E-state index is 11.0. The molecule has 8 nitrogen and oxygen atoms in total. The van der Waals surface area contributed by atoms with E-state index in [9.17, 15) is 14.4 Å². The summed E-state index contributed by atoms with van der Waals surface area (Å²) < 4.78 is 0. The number of carbonyl (C=O) groups excluding carboxylic acids is 2. The van der Waals surface area contributed by atoms with Crippen LogP contribution >= 0.6 is 0 Å². The van der Waals surface area contributed by atoms with Gasteiger partial charge in [0.1, 0.15) is 0 Å². The Labute approximate surface area is 105 Å². The number of hydrogen-bond acceptors (Lipinski definition) is 5. The molecule has 0 atom stereocenters. The molecule has 0 saturated heterocycles. The molecule has 2 amide bonds. The van der Waals surface area contributed by atoms with Gasteiger partial charge in [-0.1, -0.05) is 18.3 Å². The molecule has 18 heavy (non-hydrogen) atoms. The summed E-state index contributed by atoms with van der Waals surface area (Å²) in [7, 11) is 0. The lowest BCUT2D eigenvalue weighted by Crippen LogP contribution is -2.30. The molecule has 0 radical (unpaired) electrons. The number of hydroxylamine groups is 1. The predicted molar refractivity (Wildman–Crippen MR) is 60.1 cm³/mol. The molecule has 0 aromatic rings. The van der Waals surface area contributed by atoms with Crippen LogP contribution in [-0.4, -0.2) is 29.6 Å². The summed E-state index contributed by atoms with van der Waals surface area (Å²) >= 11 is 0. The molecule has 0 rings (SSSR count). The Kier molecular flexibility index (Phi) is 9.28. The minimum Gasteiger partial charge on any atom is -0.481 e. The first-order valence-electron chi connectivity index (χ1n) is 5.68. The first-order chi connectivity index (χ1) is 8.56. The Balaban J connectivity index is 3.44. The zero-order valence-electron chi connectivity index (χ0n) is 10.2. The molecular formula is C10H18N2O6. The number of rotatable bonds is 9. The molecule has 0 aromatic carbocycles. The largest absolute Gasteiger partial charge is 0.481 e. The van der Waals surface area contributed by atoms with Gasteiger partial charge in [0.05, 0.1) is 0 Å². The third-order valence-electron chi connectivity index (χ3n) is 1.87. The van der Waals surface area contributed by atoms with Gasteiger partial charge in [-0.3, -0.25) is 14.5 Å². The quantitative estimate of drug-likeness (QED) is 0.320. The van der Waals surface area contributed by atoms with Gasteiger partial charge in [0.2, 0.25) is 5.91 Å². The second-order valence-corrected chi connectivity index (χ2v) is 3.51. The number of carboxylic acids is 1. The Morgan fingerprint density at radius 1 is 1.17 bits per heavy atom. The molecule has 0 saturated carbocycles. The van der Waals surface area contributed by atoms with Crippen LogP contribution in [0.4, 0.5) is 4.79 Å². The van der Waals surface area contributed by atoms with Gasteiger partial charge < -0.3 is 10.4 Å². The van der Waals surface area contributed by atoms with Crippen molar-refractivity contribution in [1.82, 2.24) is 10.8 Å². The van der Waals surface area contributed by atoms with Crippen LogP contribution in [0.15, 0.2) is 0 Å². The Morgan fingerprint density at radius 3 is 2.50 bits per heavy atom. The van der Waals surface area contributed by atoms with Crippen LogP contribution in [0.1, 0.15) is 39.0 Å². The van der Waals surface area contributed by atoms with E-state index in [-0.39, 0.29) is 19.3 Å². The summed E-state index contributed by atoms with van der Waals surface area (Å²) in [5.41, 5.74) is 1.86. The van der Waals surface area contributed by atoms with Crippen LogP contribution in [-0.2, 0) is 19.5 Å². The number of unbranched alkanes of at least 4 members (excludes halogenated alkanes) is 1. The van der Waals surface area contributed by atoms with Gasteiger partial charge in [0, 0.05) is 19.4 Å². The number of aliphatic carboxylic acids is 1. The third-order valence-corrected chi connectivity index (χ3v) is 1.87. The number of carbonyl (C=O) groups is 3. The normalized spacial score (nSPS) is 9.61. The average molecular weight is 262 g/mol. The van der Waals surface area contributed by atoms with Crippen molar-refractivity contribution in [1.29, 1.82) is 0 Å². The van der Waals surface area contributed by atoms with Crippen LogP contribution in [0, 0.1) is 0 Å². The maximum Gasteiger partial charge on any atom is 0.441 e. The fourth-order valence-corrected chi connectivity index (χ4v) is 0.953. The average Bonchev–Trinajstić information content (AvgIpc) is 2.29. The molecule has 8 heteroatoms. The van der Waals surface area contributed by atoms with E-state index in [1.54, 1.807) is 0 Å². The molecule has 0 unspecified atom stereocenters. The van der Waals surface area contributed by atoms with Gasteiger partial charge in [-0.05, 0) is 12.8 Å². The van der Waals surface area contributed by atoms with Crippen molar-refractivity contribution in [2.24, 2.45) is 0 Å². The first-order valence-corrected chi connectivity index (χ1v) is 5.68. The fourth-order valence-electron chi connectivity index (χ4n) is 0.953. The number of nitrogens with one attached hydrogen (secondary N) is 2. The van der Waals surface area contributed by atoms with E-state index in [4.69, 9.17) is 5.11 Å². The van der Waals surface area contributed by atoms with E-state index in [2.05, 4.69) is 15.2 Å². The third kappa shape index (κ3) is 10.7. The van der Waals surface area contributed by atoms with Crippen molar-refractivity contribution in [3.05, 3.63) is 0 Å². The highest BCUT2D eigenvalue weighted by Gasteiger charge is 2.06. The Hall–Kier alpha value is -1.83. The molecule has 0 aliphatic rings. The van der Waals surface area contributed by atoms with Crippen molar-refractivity contribution in [3.8, 4) is 0 Å². The molecule has 0 fully saturated rings. The first kappa shape index (κ1) is 16.2. The summed E-state index contributed by atoms with van der Waals surface area (Å²) in [4.78, 5) is 40.5. The maximum absolute atomic E-state index is 11.0. The van der Waals surface area contributed by atoms with Gasteiger partial charge in [-0.2, -0.15) is 5.48 Å². The zero-order valence-corrected chi connectivity index (χ0v) is 10.2. The predicted octanol–water partition coefficient (Wildman–Crippen LogP) is 0.730. The minimum atomic E-state index is -0.977. The van der Waals surface area contributed by atoms with Gasteiger partial charge >= 0.3 is 12.1 Å². The minimum absolute atomic E-state index is 0.0207. The molecule has 0 bridgehead atoms. The van der Waals surface area contributed by atoms with Crippen molar-refractivity contribution in [2.75, 3.05) is 6.54 Å². The Morgan fingerprint density at radius 2 is 1.89 bits per heavy atom. The van der Waals surface area contributed by atoms with E-state index < -0.39 is 18.0 Å². The highest BCUT2D eigenvalue weighted by atomic mass is 17.3. The van der Waals surface area contributed by atoms with Crippen molar-refractivity contribution in [3.63, 3.8) is 0 Å². The van der Waals surface area contributed by atoms with Crippen LogP contribution in [0.3, 0.4) is 0 Å². The van der Waals surface area contributed by atoms with E-state index in [0.29, 0.717) is 6.54 Å². The van der Waals surface area contributed by atoms with E-state index in [1.807, 2.05) is 12.4 Å². The molecular weight excluding hydrogens is 244 g/mol. The molecule has 0 heterocycles. The molecule has 3 N–H and O–H groups in total. The van der Waals surface area contributed by atoms with Gasteiger partial charge in [0.15, 0.2) is 0 Å². The lowest BCUT2D eigenvalue weighted by molar-refractivity contribution is -0.279. The van der Waals surface area contributed by atoms with Gasteiger partial charge in [0.25, 0.3) is 0 Å². The summed E-state index contributed by atoms with van der Waals surface area (Å²) in [6.07, 6.45) is 1.01. The number of carboxylic acid groups (broad SMARTS) is 1. The standard InChI is InChI=1S/C10H18N2O6/c1-2-3-7-11-10(16)17-18-12-8(13)5-4-6-9(14)15/h2-7H2,1H3,(H,11,16)(H,12,13)(H,14,15). The van der Waals surface area contributed by atoms with Crippen molar-refractivity contribution in [2.45, 2.75) is 39.0 Å². The highest BCUT2D eigenvalue weighted by molar-refractivity contribution is 5.75. The molecule has 0 spiro atoms. The van der Waals surface area contributed by atoms with Crippen LogP contribution in [0.25, 0.3) is 0 Å². The second-order valence-electron chi connectivity index (χ2n) is 3.51. The molecule has 0 aromatic heterocycles. The fraction of sp³-hybridized carbons (Fsp3) is 0.700. The van der Waals surface area contributed by atoms with Crippen molar-refractivity contribution >= 4 is 18.0 Å². The second kappa shape index (κ2) is 10.3. The lowest BCUT2D eigenvalue weighted by atomic mass is 10.2. The smallest absolute Gasteiger partial charge is 0.441 e. The molecule has 0 aliphatic carbocycles. The number of amides is 2. The molecule has 104 valence electrons. The molecule has 0 aliphatic heterocycles. The number of hydrogen-bond donors (Lipinski definition) is 3. The highest BCUT2D eigenvalue weighted by Crippen LogP contribution is 1.95. The van der Waals surface area contributed by atoms with E-state index in [1.165, 1.54) is 0 Å². The lowest BCUT2D eigenvalue weighted by Gasteiger charge is -2.05. The topological polar surface area (TPSA) is 114 Å². The summed E-state index contributed by atoms with van der Waals surface area (Å²) in [5, 5.41) is 10.7. The van der Waals surface area contributed by atoms with Crippen LogP contribution in [0.5, 0.6) is 0 Å². The van der Waals surface area contributed by atoms with E-state index >= 15 is 0 Å². The monoisotopic (exact) mass is 262 g/mol. The van der Waals surface area contributed by atoms with Crippen LogP contribution < -0.4 is 10.8 Å². The van der Waals surface area contributed by atoms with Gasteiger partial charge in [-0.15, -0.1) is 0 Å². The van der Waals surface area contributed by atoms with E-state index in [0.717, 1.165) is 12.8 Å². The van der Waals surface area contributed by atoms with Crippen LogP contribution in [0.2, 0.25) is 0 Å². The zero-order chi connectivity index (χ0) is 13.8. The van der Waals surface area contributed by atoms with Crippen molar-refractivity contribution < 1.29 is 29.4 Å². The van der Waals surface area contributed by atoms with Gasteiger partial charge in [-0.25, -0.2) is 4.79 Å². The summed E-state index contributed by atoms with van der Waals surface area (Å²) in [6, 6.07) is 0. The SMILES string of the molecule is CCCCNC(=O)OONC(=O)CCCC(=O)O. The summed E-state index contributed by atoms with van der Waals surface area (Å²) in [5.74, 6) is -1.53. The summed E-state index contributed by atoms with van der Waals surface area (Å²) in [6.45, 7) is 2.44. The Bertz CT molecular complexity index is 282.